The fourth-order valence-corrected chi connectivity index (χ4v) is 3.75. The first-order valence-electron chi connectivity index (χ1n) is 7.43. The fourth-order valence-electron chi connectivity index (χ4n) is 2.34. The highest BCUT2D eigenvalue weighted by Crippen LogP contribution is 2.19. The summed E-state index contributed by atoms with van der Waals surface area (Å²) in [6.45, 7) is 3.86. The van der Waals surface area contributed by atoms with E-state index >= 15 is 0 Å². The molecule has 118 valence electrons. The lowest BCUT2D eigenvalue weighted by atomic mass is 10.1. The van der Waals surface area contributed by atoms with Crippen LogP contribution in [0.1, 0.15) is 30.9 Å². The van der Waals surface area contributed by atoms with Crippen LogP contribution in [0.25, 0.3) is 0 Å². The van der Waals surface area contributed by atoms with Gasteiger partial charge in [-0.25, -0.2) is 8.42 Å². The molecule has 0 saturated carbocycles. The lowest BCUT2D eigenvalue weighted by Crippen LogP contribution is -2.12. The Morgan fingerprint density at radius 1 is 1.41 bits per heavy atom. The molecule has 0 aliphatic heterocycles. The molecule has 1 aliphatic carbocycles. The number of anilines is 1. The van der Waals surface area contributed by atoms with Crippen molar-refractivity contribution < 1.29 is 8.42 Å². The maximum atomic E-state index is 12.0. The molecule has 0 spiro atoms. The number of rotatable bonds is 5. The molecule has 0 heterocycles. The zero-order valence-corrected chi connectivity index (χ0v) is 13.8. The Hall–Kier alpha value is -1.88. The van der Waals surface area contributed by atoms with Crippen LogP contribution in [0.4, 0.5) is 5.69 Å². The van der Waals surface area contributed by atoms with Gasteiger partial charge in [0.2, 0.25) is 0 Å². The van der Waals surface area contributed by atoms with Gasteiger partial charge in [0.05, 0.1) is 16.7 Å². The molecule has 5 heteroatoms. The molecule has 0 bridgehead atoms. The van der Waals surface area contributed by atoms with E-state index in [0.717, 1.165) is 16.8 Å². The molecule has 0 amide bonds. The Morgan fingerprint density at radius 2 is 2.18 bits per heavy atom. The number of hydrogen-bond acceptors (Lipinski definition) is 4. The monoisotopic (exact) mass is 318 g/mol. The summed E-state index contributed by atoms with van der Waals surface area (Å²) in [6, 6.07) is 5.68. The van der Waals surface area contributed by atoms with Crippen LogP contribution in [0.3, 0.4) is 0 Å². The lowest BCUT2D eigenvalue weighted by Gasteiger charge is -2.13. The molecule has 1 aliphatic rings. The van der Waals surface area contributed by atoms with Crippen molar-refractivity contribution >= 4 is 21.7 Å². The van der Waals surface area contributed by atoms with Crippen LogP contribution in [0.15, 0.2) is 46.3 Å². The number of aryl methyl sites for hydroxylation is 1. The van der Waals surface area contributed by atoms with Gasteiger partial charge in [-0.1, -0.05) is 25.1 Å². The first-order chi connectivity index (χ1) is 10.4. The van der Waals surface area contributed by atoms with Gasteiger partial charge in [-0.15, -0.1) is 0 Å². The van der Waals surface area contributed by atoms with Crippen molar-refractivity contribution in [3.63, 3.8) is 0 Å². The van der Waals surface area contributed by atoms with E-state index in [9.17, 15) is 8.42 Å². The SMILES string of the molecule is CCCS(=O)(=O)C1=CCC(N=Cc2ccc(N)cc2C)C=C1. The van der Waals surface area contributed by atoms with E-state index in [1.165, 1.54) is 0 Å². The smallest absolute Gasteiger partial charge is 0.178 e. The molecular formula is C17H22N2O2S. The van der Waals surface area contributed by atoms with Crippen molar-refractivity contribution in [1.29, 1.82) is 0 Å². The Kier molecular flexibility index (Phi) is 5.19. The standard InChI is InChI=1S/C17H22N2O2S/c1-3-10-22(20,21)17-8-6-16(7-9-17)19-12-14-4-5-15(18)11-13(14)2/h4-6,8-9,11-12,16H,3,7,10,18H2,1-2H3. The molecule has 0 saturated heterocycles. The fraction of sp³-hybridized carbons (Fsp3) is 0.353. The largest absolute Gasteiger partial charge is 0.399 e. The Balaban J connectivity index is 2.05. The summed E-state index contributed by atoms with van der Waals surface area (Å²) in [4.78, 5) is 4.94. The number of aliphatic imine (C=N–C) groups is 1. The van der Waals surface area contributed by atoms with Crippen LogP contribution in [0.5, 0.6) is 0 Å². The van der Waals surface area contributed by atoms with E-state index in [1.54, 1.807) is 12.2 Å². The van der Waals surface area contributed by atoms with Crippen molar-refractivity contribution in [1.82, 2.24) is 0 Å². The number of sulfone groups is 1. The number of allylic oxidation sites excluding steroid dienone is 1. The molecule has 1 aromatic carbocycles. The molecule has 0 radical (unpaired) electrons. The zero-order valence-electron chi connectivity index (χ0n) is 13.0. The molecule has 2 rings (SSSR count). The second-order valence-corrected chi connectivity index (χ2v) is 7.59. The first-order valence-corrected chi connectivity index (χ1v) is 9.08. The predicted octanol–water partition coefficient (Wildman–Crippen LogP) is 3.03. The lowest BCUT2D eigenvalue weighted by molar-refractivity contribution is 0.601. The van der Waals surface area contributed by atoms with Gasteiger partial charge in [0.1, 0.15) is 0 Å². The minimum absolute atomic E-state index is 0.0162. The summed E-state index contributed by atoms with van der Waals surface area (Å²) in [6.07, 6.45) is 8.36. The Bertz CT molecular complexity index is 731. The third-order valence-corrected chi connectivity index (χ3v) is 5.54. The van der Waals surface area contributed by atoms with E-state index in [2.05, 4.69) is 4.99 Å². The molecule has 4 nitrogen and oxygen atoms in total. The van der Waals surface area contributed by atoms with Crippen molar-refractivity contribution in [3.8, 4) is 0 Å². The number of nitrogens with two attached hydrogens (primary N) is 1. The third-order valence-electron chi connectivity index (χ3n) is 3.57. The molecule has 1 aromatic rings. The van der Waals surface area contributed by atoms with Crippen LogP contribution in [0, 0.1) is 6.92 Å². The Morgan fingerprint density at radius 3 is 2.77 bits per heavy atom. The second kappa shape index (κ2) is 6.92. The van der Waals surface area contributed by atoms with Crippen molar-refractivity contribution in [3.05, 3.63) is 52.5 Å². The molecular weight excluding hydrogens is 296 g/mol. The van der Waals surface area contributed by atoms with Gasteiger partial charge < -0.3 is 5.73 Å². The second-order valence-electron chi connectivity index (χ2n) is 5.48. The highest BCUT2D eigenvalue weighted by atomic mass is 32.2. The van der Waals surface area contributed by atoms with Gasteiger partial charge in [0.25, 0.3) is 0 Å². The zero-order chi connectivity index (χ0) is 16.2. The summed E-state index contributed by atoms with van der Waals surface area (Å²) >= 11 is 0. The van der Waals surface area contributed by atoms with Crippen LogP contribution in [0.2, 0.25) is 0 Å². The van der Waals surface area contributed by atoms with Gasteiger partial charge in [0, 0.05) is 11.9 Å². The minimum atomic E-state index is -3.13. The predicted molar refractivity (Wildman–Crippen MR) is 92.9 cm³/mol. The van der Waals surface area contributed by atoms with Crippen molar-refractivity contribution in [2.24, 2.45) is 4.99 Å². The van der Waals surface area contributed by atoms with E-state index in [4.69, 9.17) is 5.73 Å². The molecule has 0 fully saturated rings. The van der Waals surface area contributed by atoms with Crippen LogP contribution >= 0.6 is 0 Å². The average Bonchev–Trinajstić information content (AvgIpc) is 2.47. The van der Waals surface area contributed by atoms with Crippen LogP contribution < -0.4 is 5.73 Å². The number of hydrogen-bond donors (Lipinski definition) is 1. The maximum Gasteiger partial charge on any atom is 0.178 e. The average molecular weight is 318 g/mol. The summed E-state index contributed by atoms with van der Waals surface area (Å²) in [5.74, 6) is 0.196. The molecule has 1 unspecified atom stereocenters. The third kappa shape index (κ3) is 4.07. The van der Waals surface area contributed by atoms with Gasteiger partial charge in [-0.2, -0.15) is 0 Å². The van der Waals surface area contributed by atoms with Crippen molar-refractivity contribution in [2.45, 2.75) is 32.7 Å². The summed E-state index contributed by atoms with van der Waals surface area (Å²) < 4.78 is 24.0. The molecule has 2 N–H and O–H groups in total. The van der Waals surface area contributed by atoms with Gasteiger partial charge in [-0.3, -0.25) is 4.99 Å². The maximum absolute atomic E-state index is 12.0. The van der Waals surface area contributed by atoms with E-state index < -0.39 is 9.84 Å². The normalized spacial score (nSPS) is 18.6. The van der Waals surface area contributed by atoms with E-state index in [0.29, 0.717) is 17.7 Å². The summed E-state index contributed by atoms with van der Waals surface area (Å²) in [5, 5.41) is 0. The quantitative estimate of drug-likeness (QED) is 0.670. The van der Waals surface area contributed by atoms with Crippen molar-refractivity contribution in [2.75, 3.05) is 11.5 Å². The molecule has 0 aromatic heterocycles. The van der Waals surface area contributed by atoms with Gasteiger partial charge in [-0.05, 0) is 49.1 Å². The van der Waals surface area contributed by atoms with Gasteiger partial charge in [0.15, 0.2) is 9.84 Å². The number of nitrogen functional groups attached to an aromatic ring is 1. The van der Waals surface area contributed by atoms with Crippen LogP contribution in [-0.2, 0) is 9.84 Å². The van der Waals surface area contributed by atoms with E-state index in [1.807, 2.05) is 44.3 Å². The first kappa shape index (κ1) is 16.5. The number of benzene rings is 1. The van der Waals surface area contributed by atoms with E-state index in [-0.39, 0.29) is 11.8 Å². The highest BCUT2D eigenvalue weighted by molar-refractivity contribution is 7.95. The summed E-state index contributed by atoms with van der Waals surface area (Å²) in [7, 11) is -3.13. The summed E-state index contributed by atoms with van der Waals surface area (Å²) in [5.41, 5.74) is 8.56. The van der Waals surface area contributed by atoms with Crippen LogP contribution in [-0.4, -0.2) is 26.4 Å². The highest BCUT2D eigenvalue weighted by Gasteiger charge is 2.17. The Labute approximate surface area is 132 Å². The van der Waals surface area contributed by atoms with Gasteiger partial charge >= 0.3 is 0 Å². The molecule has 22 heavy (non-hydrogen) atoms. The molecule has 1 atom stereocenters. The topological polar surface area (TPSA) is 72.5 Å². The minimum Gasteiger partial charge on any atom is -0.399 e. The number of nitrogens with zero attached hydrogens (tertiary/aromatic N) is 1.